The van der Waals surface area contributed by atoms with Crippen LogP contribution in [0.2, 0.25) is 0 Å². The van der Waals surface area contributed by atoms with Crippen LogP contribution >= 0.6 is 0 Å². The second-order valence-corrected chi connectivity index (χ2v) is 3.88. The highest BCUT2D eigenvalue weighted by atomic mass is 16.3. The summed E-state index contributed by atoms with van der Waals surface area (Å²) in [7, 11) is 0. The van der Waals surface area contributed by atoms with Crippen LogP contribution in [0.3, 0.4) is 0 Å². The maximum absolute atomic E-state index is 9.76. The molecule has 17 heavy (non-hydrogen) atoms. The lowest BCUT2D eigenvalue weighted by Gasteiger charge is -2.17. The summed E-state index contributed by atoms with van der Waals surface area (Å²) in [6.07, 6.45) is 2.58. The number of azide groups is 1. The number of para-hydroxylation sites is 1. The average molecular weight is 227 g/mol. The van der Waals surface area contributed by atoms with Gasteiger partial charge in [0.1, 0.15) is 17.4 Å². The van der Waals surface area contributed by atoms with E-state index in [-0.39, 0.29) is 0 Å². The summed E-state index contributed by atoms with van der Waals surface area (Å²) in [5, 5.41) is 14.3. The van der Waals surface area contributed by atoms with Gasteiger partial charge in [-0.25, -0.2) is 0 Å². The van der Waals surface area contributed by atoms with Crippen LogP contribution in [-0.2, 0) is 0 Å². The molecule has 0 fully saturated rings. The number of hydrogen-bond donors (Lipinski definition) is 1. The van der Waals surface area contributed by atoms with E-state index >= 15 is 0 Å². The van der Waals surface area contributed by atoms with Crippen molar-refractivity contribution >= 4 is 17.0 Å². The van der Waals surface area contributed by atoms with Gasteiger partial charge in [-0.2, -0.15) is 0 Å². The monoisotopic (exact) mass is 227 g/mol. The molecule has 0 spiro atoms. The Bertz CT molecular complexity index is 653. The van der Waals surface area contributed by atoms with E-state index < -0.39 is 12.1 Å². The van der Waals surface area contributed by atoms with Crippen LogP contribution in [0.4, 0.5) is 0 Å². The molecule has 0 saturated heterocycles. The van der Waals surface area contributed by atoms with Crippen molar-refractivity contribution in [2.75, 3.05) is 0 Å². The van der Waals surface area contributed by atoms with Crippen molar-refractivity contribution in [3.63, 3.8) is 0 Å². The molecule has 0 saturated carbocycles. The zero-order valence-electron chi connectivity index (χ0n) is 8.82. The SMILES string of the molecule is [N-]=[N+]=N[C@@H]1c2oc3ccccc3c2C=C[C@H]1O. The van der Waals surface area contributed by atoms with Crippen molar-refractivity contribution in [2.45, 2.75) is 12.1 Å². The van der Waals surface area contributed by atoms with Gasteiger partial charge in [0.2, 0.25) is 0 Å². The third-order valence-electron chi connectivity index (χ3n) is 2.89. The van der Waals surface area contributed by atoms with E-state index in [1.165, 1.54) is 0 Å². The van der Waals surface area contributed by atoms with Crippen LogP contribution in [0.15, 0.2) is 39.9 Å². The molecule has 5 nitrogen and oxygen atoms in total. The Morgan fingerprint density at radius 1 is 1.35 bits per heavy atom. The standard InChI is InChI=1S/C12H9N3O2/c13-15-14-11-9(16)6-5-8-7-3-1-2-4-10(7)17-12(8)11/h1-6,9,11,16H/t9-,11+/m1/s1. The Kier molecular flexibility index (Phi) is 2.14. The first-order valence-corrected chi connectivity index (χ1v) is 5.23. The normalized spacial score (nSPS) is 22.2. The average Bonchev–Trinajstić information content (AvgIpc) is 2.72. The molecule has 1 aliphatic carbocycles. The summed E-state index contributed by atoms with van der Waals surface area (Å²) in [4.78, 5) is 2.75. The highest BCUT2D eigenvalue weighted by Crippen LogP contribution is 2.37. The molecule has 84 valence electrons. The van der Waals surface area contributed by atoms with Crippen LogP contribution in [0.25, 0.3) is 27.5 Å². The molecule has 3 rings (SSSR count). The minimum Gasteiger partial charge on any atom is -0.460 e. The van der Waals surface area contributed by atoms with Gasteiger partial charge in [0.25, 0.3) is 0 Å². The molecule has 0 radical (unpaired) electrons. The Hall–Kier alpha value is -2.23. The molecule has 1 N–H and O–H groups in total. The van der Waals surface area contributed by atoms with Gasteiger partial charge in [0.15, 0.2) is 0 Å². The molecule has 0 amide bonds. The van der Waals surface area contributed by atoms with E-state index in [1.54, 1.807) is 12.2 Å². The lowest BCUT2D eigenvalue weighted by Crippen LogP contribution is -2.16. The molecular weight excluding hydrogens is 218 g/mol. The third kappa shape index (κ3) is 1.41. The van der Waals surface area contributed by atoms with Crippen molar-refractivity contribution in [3.8, 4) is 0 Å². The molecule has 2 aromatic rings. The fraction of sp³-hybridized carbons (Fsp3) is 0.167. The summed E-state index contributed by atoms with van der Waals surface area (Å²) in [6.45, 7) is 0. The third-order valence-corrected chi connectivity index (χ3v) is 2.89. The van der Waals surface area contributed by atoms with Crippen LogP contribution in [-0.4, -0.2) is 11.2 Å². The minimum absolute atomic E-state index is 0.527. The van der Waals surface area contributed by atoms with Gasteiger partial charge in [-0.3, -0.25) is 0 Å². The van der Waals surface area contributed by atoms with Gasteiger partial charge in [-0.05, 0) is 11.6 Å². The van der Waals surface area contributed by atoms with E-state index in [0.29, 0.717) is 5.76 Å². The van der Waals surface area contributed by atoms with Crippen molar-refractivity contribution in [2.24, 2.45) is 5.11 Å². The first-order valence-electron chi connectivity index (χ1n) is 5.23. The zero-order chi connectivity index (χ0) is 11.8. The molecule has 1 heterocycles. The molecule has 2 atom stereocenters. The fourth-order valence-corrected chi connectivity index (χ4v) is 2.11. The van der Waals surface area contributed by atoms with E-state index in [1.807, 2.05) is 24.3 Å². The summed E-state index contributed by atoms with van der Waals surface area (Å²) < 4.78 is 5.65. The lowest BCUT2D eigenvalue weighted by atomic mass is 9.97. The molecular formula is C12H9N3O2. The number of benzene rings is 1. The van der Waals surface area contributed by atoms with Crippen molar-refractivity contribution < 1.29 is 9.52 Å². The lowest BCUT2D eigenvalue weighted by molar-refractivity contribution is 0.180. The number of hydrogen-bond acceptors (Lipinski definition) is 3. The van der Waals surface area contributed by atoms with Gasteiger partial charge in [0, 0.05) is 15.9 Å². The minimum atomic E-state index is -0.834. The van der Waals surface area contributed by atoms with Crippen LogP contribution in [0.1, 0.15) is 17.4 Å². The van der Waals surface area contributed by atoms with Gasteiger partial charge < -0.3 is 9.52 Å². The highest BCUT2D eigenvalue weighted by molar-refractivity contribution is 5.89. The van der Waals surface area contributed by atoms with Crippen LogP contribution in [0, 0.1) is 0 Å². The number of nitrogens with zero attached hydrogens (tertiary/aromatic N) is 3. The second kappa shape index (κ2) is 3.66. The molecule has 0 aliphatic heterocycles. The summed E-state index contributed by atoms with van der Waals surface area (Å²) in [5.41, 5.74) is 10.1. The maximum Gasteiger partial charge on any atom is 0.134 e. The van der Waals surface area contributed by atoms with Crippen molar-refractivity contribution in [1.29, 1.82) is 0 Å². The molecule has 1 aliphatic rings. The Labute approximate surface area is 96.6 Å². The van der Waals surface area contributed by atoms with E-state index in [2.05, 4.69) is 10.0 Å². The Morgan fingerprint density at radius 3 is 3.00 bits per heavy atom. The highest BCUT2D eigenvalue weighted by Gasteiger charge is 2.28. The largest absolute Gasteiger partial charge is 0.460 e. The number of fused-ring (bicyclic) bond motifs is 3. The second-order valence-electron chi connectivity index (χ2n) is 3.88. The predicted molar refractivity (Wildman–Crippen MR) is 63.1 cm³/mol. The molecule has 1 aromatic heterocycles. The summed E-state index contributed by atoms with van der Waals surface area (Å²) in [5.74, 6) is 0.527. The van der Waals surface area contributed by atoms with Gasteiger partial charge in [-0.1, -0.05) is 35.5 Å². The number of aliphatic hydroxyl groups excluding tert-OH is 1. The zero-order valence-corrected chi connectivity index (χ0v) is 8.82. The first kappa shape index (κ1) is 9.96. The molecule has 0 unspecified atom stereocenters. The van der Waals surface area contributed by atoms with E-state index in [9.17, 15) is 5.11 Å². The predicted octanol–water partition coefficient (Wildman–Crippen LogP) is 3.17. The van der Waals surface area contributed by atoms with E-state index in [0.717, 1.165) is 16.5 Å². The van der Waals surface area contributed by atoms with Gasteiger partial charge in [-0.15, -0.1) is 0 Å². The number of aliphatic hydroxyl groups is 1. The molecule has 0 bridgehead atoms. The summed E-state index contributed by atoms with van der Waals surface area (Å²) in [6, 6.07) is 6.89. The number of rotatable bonds is 1. The fourth-order valence-electron chi connectivity index (χ4n) is 2.11. The topological polar surface area (TPSA) is 82.1 Å². The van der Waals surface area contributed by atoms with Crippen LogP contribution in [0.5, 0.6) is 0 Å². The first-order chi connectivity index (χ1) is 8.31. The molecule has 5 heteroatoms. The maximum atomic E-state index is 9.76. The smallest absolute Gasteiger partial charge is 0.134 e. The Balaban J connectivity index is 2.29. The molecule has 1 aromatic carbocycles. The van der Waals surface area contributed by atoms with Crippen molar-refractivity contribution in [1.82, 2.24) is 0 Å². The van der Waals surface area contributed by atoms with Gasteiger partial charge in [0.05, 0.1) is 6.10 Å². The van der Waals surface area contributed by atoms with E-state index in [4.69, 9.17) is 9.95 Å². The summed E-state index contributed by atoms with van der Waals surface area (Å²) >= 11 is 0. The Morgan fingerprint density at radius 2 is 2.18 bits per heavy atom. The van der Waals surface area contributed by atoms with Gasteiger partial charge >= 0.3 is 0 Å². The van der Waals surface area contributed by atoms with Crippen LogP contribution < -0.4 is 0 Å². The van der Waals surface area contributed by atoms with Crippen molar-refractivity contribution in [3.05, 3.63) is 52.1 Å². The number of furan rings is 1. The quantitative estimate of drug-likeness (QED) is 0.461.